The predicted octanol–water partition coefficient (Wildman–Crippen LogP) is 3.57. The molecule has 0 aliphatic carbocycles. The largest absolute Gasteiger partial charge is 0.377 e. The van der Waals surface area contributed by atoms with Crippen molar-refractivity contribution in [1.82, 2.24) is 5.32 Å². The van der Waals surface area contributed by atoms with Crippen LogP contribution in [0, 0.1) is 5.82 Å². The second-order valence-electron chi connectivity index (χ2n) is 5.02. The van der Waals surface area contributed by atoms with Gasteiger partial charge in [-0.3, -0.25) is 0 Å². The molecule has 2 rings (SSSR count). The zero-order valence-electron chi connectivity index (χ0n) is 11.3. The van der Waals surface area contributed by atoms with E-state index in [0.29, 0.717) is 0 Å². The molecule has 0 radical (unpaired) electrons. The number of benzene rings is 1. The molecule has 1 aliphatic heterocycles. The fourth-order valence-corrected chi connectivity index (χ4v) is 2.72. The van der Waals surface area contributed by atoms with E-state index in [9.17, 15) is 4.39 Å². The molecule has 1 N–H and O–H groups in total. The first-order valence-electron chi connectivity index (χ1n) is 6.99. The summed E-state index contributed by atoms with van der Waals surface area (Å²) in [4.78, 5) is 0. The molecule has 106 valence electrons. The Balaban J connectivity index is 2.04. The van der Waals surface area contributed by atoms with Gasteiger partial charge in [-0.25, -0.2) is 4.39 Å². The maximum absolute atomic E-state index is 13.5. The van der Waals surface area contributed by atoms with Gasteiger partial charge in [-0.05, 0) is 49.9 Å². The molecule has 4 heteroatoms. The van der Waals surface area contributed by atoms with Crippen LogP contribution < -0.4 is 5.32 Å². The zero-order valence-corrected chi connectivity index (χ0v) is 12.0. The number of nitrogens with one attached hydrogen (secondary N) is 1. The average molecular weight is 286 g/mol. The van der Waals surface area contributed by atoms with Gasteiger partial charge in [-0.2, -0.15) is 0 Å². The third-order valence-corrected chi connectivity index (χ3v) is 3.88. The first kappa shape index (κ1) is 14.8. The Morgan fingerprint density at radius 1 is 1.47 bits per heavy atom. The highest BCUT2D eigenvalue weighted by Gasteiger charge is 2.24. The normalized spacial score (nSPS) is 21.3. The van der Waals surface area contributed by atoms with Crippen molar-refractivity contribution in [2.45, 2.75) is 44.8 Å². The van der Waals surface area contributed by atoms with E-state index in [4.69, 9.17) is 16.3 Å². The highest BCUT2D eigenvalue weighted by Crippen LogP contribution is 2.21. The quantitative estimate of drug-likeness (QED) is 0.893. The van der Waals surface area contributed by atoms with Gasteiger partial charge in [0.1, 0.15) is 5.82 Å². The van der Waals surface area contributed by atoms with Gasteiger partial charge >= 0.3 is 0 Å². The van der Waals surface area contributed by atoms with E-state index >= 15 is 0 Å². The Bertz CT molecular complexity index is 407. The average Bonchev–Trinajstić information content (AvgIpc) is 2.43. The number of ether oxygens (including phenoxy) is 1. The maximum atomic E-state index is 13.5. The minimum atomic E-state index is -0.348. The molecule has 1 aromatic carbocycles. The molecule has 0 amide bonds. The predicted molar refractivity (Wildman–Crippen MR) is 76.2 cm³/mol. The standard InChI is InChI=1S/C15H21ClFNO/c1-2-18-14(15-5-3-4-8-19-15)10-11-6-7-12(16)13(17)9-11/h6-7,9,14-15,18H,2-5,8,10H2,1H3. The van der Waals surface area contributed by atoms with Crippen molar-refractivity contribution in [3.8, 4) is 0 Å². The summed E-state index contributed by atoms with van der Waals surface area (Å²) in [6, 6.07) is 5.27. The van der Waals surface area contributed by atoms with Crippen molar-refractivity contribution in [3.63, 3.8) is 0 Å². The van der Waals surface area contributed by atoms with Crippen LogP contribution in [0.4, 0.5) is 4.39 Å². The number of rotatable bonds is 5. The lowest BCUT2D eigenvalue weighted by Gasteiger charge is -2.31. The van der Waals surface area contributed by atoms with Gasteiger partial charge < -0.3 is 10.1 Å². The van der Waals surface area contributed by atoms with Crippen molar-refractivity contribution in [2.24, 2.45) is 0 Å². The summed E-state index contributed by atoms with van der Waals surface area (Å²) in [5, 5.41) is 3.63. The smallest absolute Gasteiger partial charge is 0.142 e. The van der Waals surface area contributed by atoms with E-state index in [1.165, 1.54) is 12.5 Å². The van der Waals surface area contributed by atoms with Crippen molar-refractivity contribution >= 4 is 11.6 Å². The highest BCUT2D eigenvalue weighted by atomic mass is 35.5. The molecule has 1 aliphatic rings. The molecule has 2 unspecified atom stereocenters. The van der Waals surface area contributed by atoms with Gasteiger partial charge in [0, 0.05) is 12.6 Å². The molecule has 0 aromatic heterocycles. The van der Waals surface area contributed by atoms with Gasteiger partial charge in [0.25, 0.3) is 0 Å². The zero-order chi connectivity index (χ0) is 13.7. The van der Waals surface area contributed by atoms with Crippen LogP contribution in [0.3, 0.4) is 0 Å². The lowest BCUT2D eigenvalue weighted by molar-refractivity contribution is -0.00710. The Morgan fingerprint density at radius 3 is 2.95 bits per heavy atom. The second-order valence-corrected chi connectivity index (χ2v) is 5.43. The van der Waals surface area contributed by atoms with Crippen LogP contribution >= 0.6 is 11.6 Å². The summed E-state index contributed by atoms with van der Waals surface area (Å²) in [5.74, 6) is -0.348. The highest BCUT2D eigenvalue weighted by molar-refractivity contribution is 6.30. The van der Waals surface area contributed by atoms with Gasteiger partial charge in [-0.15, -0.1) is 0 Å². The fraction of sp³-hybridized carbons (Fsp3) is 0.600. The monoisotopic (exact) mass is 285 g/mol. The Kier molecular flexibility index (Phi) is 5.61. The maximum Gasteiger partial charge on any atom is 0.142 e. The Labute approximate surface area is 119 Å². The summed E-state index contributed by atoms with van der Waals surface area (Å²) in [6.45, 7) is 3.81. The van der Waals surface area contributed by atoms with Gasteiger partial charge in [-0.1, -0.05) is 24.6 Å². The third kappa shape index (κ3) is 4.16. The molecular formula is C15H21ClFNO. The molecule has 1 heterocycles. The number of likely N-dealkylation sites (N-methyl/N-ethyl adjacent to an activating group) is 1. The van der Waals surface area contributed by atoms with Crippen molar-refractivity contribution < 1.29 is 9.13 Å². The van der Waals surface area contributed by atoms with E-state index in [2.05, 4.69) is 12.2 Å². The number of halogens is 2. The first-order valence-corrected chi connectivity index (χ1v) is 7.37. The van der Waals surface area contributed by atoms with Crippen molar-refractivity contribution in [1.29, 1.82) is 0 Å². The molecule has 2 atom stereocenters. The molecule has 1 saturated heterocycles. The molecule has 1 fully saturated rings. The van der Waals surface area contributed by atoms with Crippen LogP contribution in [-0.2, 0) is 11.2 Å². The van der Waals surface area contributed by atoms with Crippen LogP contribution in [0.15, 0.2) is 18.2 Å². The first-order chi connectivity index (χ1) is 9.20. The minimum Gasteiger partial charge on any atom is -0.377 e. The number of hydrogen-bond acceptors (Lipinski definition) is 2. The van der Waals surface area contributed by atoms with Crippen LogP contribution in [0.1, 0.15) is 31.7 Å². The second kappa shape index (κ2) is 7.22. The molecule has 0 bridgehead atoms. The molecule has 19 heavy (non-hydrogen) atoms. The van der Waals surface area contributed by atoms with Crippen LogP contribution in [0.2, 0.25) is 5.02 Å². The van der Waals surface area contributed by atoms with E-state index in [1.807, 2.05) is 6.07 Å². The van der Waals surface area contributed by atoms with Gasteiger partial charge in [0.05, 0.1) is 11.1 Å². The van der Waals surface area contributed by atoms with Crippen LogP contribution in [0.25, 0.3) is 0 Å². The van der Waals surface area contributed by atoms with Gasteiger partial charge in [0.15, 0.2) is 0 Å². The van der Waals surface area contributed by atoms with Crippen molar-refractivity contribution in [2.75, 3.05) is 13.2 Å². The Morgan fingerprint density at radius 2 is 2.32 bits per heavy atom. The summed E-state index contributed by atoms with van der Waals surface area (Å²) in [6.07, 6.45) is 4.43. The van der Waals surface area contributed by atoms with Crippen LogP contribution in [0.5, 0.6) is 0 Å². The van der Waals surface area contributed by atoms with E-state index in [1.54, 1.807) is 6.07 Å². The lowest BCUT2D eigenvalue weighted by Crippen LogP contribution is -2.44. The minimum absolute atomic E-state index is 0.178. The van der Waals surface area contributed by atoms with E-state index in [0.717, 1.165) is 38.0 Å². The molecule has 2 nitrogen and oxygen atoms in total. The summed E-state index contributed by atoms with van der Waals surface area (Å²) >= 11 is 5.71. The van der Waals surface area contributed by atoms with E-state index < -0.39 is 0 Å². The molecule has 0 saturated carbocycles. The molecule has 0 spiro atoms. The summed E-state index contributed by atoms with van der Waals surface area (Å²) in [7, 11) is 0. The third-order valence-electron chi connectivity index (χ3n) is 3.57. The van der Waals surface area contributed by atoms with Crippen LogP contribution in [-0.4, -0.2) is 25.3 Å². The van der Waals surface area contributed by atoms with Crippen molar-refractivity contribution in [3.05, 3.63) is 34.6 Å². The topological polar surface area (TPSA) is 21.3 Å². The lowest BCUT2D eigenvalue weighted by atomic mass is 9.96. The fourth-order valence-electron chi connectivity index (χ4n) is 2.60. The Hall–Kier alpha value is -0.640. The molecular weight excluding hydrogens is 265 g/mol. The summed E-state index contributed by atoms with van der Waals surface area (Å²) < 4.78 is 19.3. The van der Waals surface area contributed by atoms with Gasteiger partial charge in [0.2, 0.25) is 0 Å². The summed E-state index contributed by atoms with van der Waals surface area (Å²) in [5.41, 5.74) is 0.960. The van der Waals surface area contributed by atoms with E-state index in [-0.39, 0.29) is 23.0 Å². The molecule has 1 aromatic rings. The SMILES string of the molecule is CCNC(Cc1ccc(Cl)c(F)c1)C1CCCCO1. The number of hydrogen-bond donors (Lipinski definition) is 1.